The summed E-state index contributed by atoms with van der Waals surface area (Å²) in [4.78, 5) is 44.9. The van der Waals surface area contributed by atoms with Gasteiger partial charge in [-0.05, 0) is 26.2 Å². The quantitative estimate of drug-likeness (QED) is 0.285. The molecule has 0 aromatic carbocycles. The molecule has 2 aliphatic heterocycles. The number of hydrogen-bond donors (Lipinski definition) is 5. The molecule has 0 radical (unpaired) electrons. The maximum absolute atomic E-state index is 13.5. The minimum atomic E-state index is -4.36. The Morgan fingerprint density at radius 3 is 2.34 bits per heavy atom. The van der Waals surface area contributed by atoms with Crippen LogP contribution in [-0.4, -0.2) is 88.4 Å². The number of nitrogens with one attached hydrogen (secondary N) is 1. The molecule has 0 spiro atoms. The van der Waals surface area contributed by atoms with Crippen LogP contribution < -0.4 is 5.32 Å². The first-order chi connectivity index (χ1) is 19.1. The summed E-state index contributed by atoms with van der Waals surface area (Å²) in [6.07, 6.45) is -3.00. The second-order valence-electron chi connectivity index (χ2n) is 9.94. The molecule has 5 N–H and O–H groups in total. The number of halogens is 3. The SMILES string of the molecule is C[C@@H]1C[C@H](C(F)(F)F)n2nc(C3CCCN3C(=O)CCc3ccno3)cc2N1.O=C(O)CC(O)(CC(=O)O)C(=O)O. The van der Waals surface area contributed by atoms with E-state index in [2.05, 4.69) is 15.6 Å². The summed E-state index contributed by atoms with van der Waals surface area (Å²) in [5.41, 5.74) is -2.23. The van der Waals surface area contributed by atoms with Crippen molar-refractivity contribution in [3.8, 4) is 0 Å². The molecule has 226 valence electrons. The van der Waals surface area contributed by atoms with E-state index >= 15 is 0 Å². The van der Waals surface area contributed by atoms with Gasteiger partial charge in [0.1, 0.15) is 11.6 Å². The summed E-state index contributed by atoms with van der Waals surface area (Å²) in [5.74, 6) is -4.09. The maximum Gasteiger partial charge on any atom is 0.410 e. The van der Waals surface area contributed by atoms with Gasteiger partial charge >= 0.3 is 24.1 Å². The Labute approximate surface area is 230 Å². The van der Waals surface area contributed by atoms with Crippen LogP contribution >= 0.6 is 0 Å². The lowest BCUT2D eigenvalue weighted by Crippen LogP contribution is -2.42. The van der Waals surface area contributed by atoms with Crippen LogP contribution in [0, 0.1) is 0 Å². The summed E-state index contributed by atoms with van der Waals surface area (Å²) in [5, 5.41) is 44.8. The topological polar surface area (TPSA) is 208 Å². The molecule has 1 unspecified atom stereocenters. The van der Waals surface area contributed by atoms with Gasteiger partial charge in [0.15, 0.2) is 11.6 Å². The number of alkyl halides is 3. The number of carbonyl (C=O) groups is 4. The Hall–Kier alpha value is -4.15. The lowest BCUT2D eigenvalue weighted by molar-refractivity contribution is -0.173. The van der Waals surface area contributed by atoms with E-state index in [-0.39, 0.29) is 30.8 Å². The number of likely N-dealkylation sites (tertiary alicyclic amines) is 1. The van der Waals surface area contributed by atoms with Gasteiger partial charge in [-0.15, -0.1) is 0 Å². The van der Waals surface area contributed by atoms with Crippen molar-refractivity contribution in [2.45, 2.75) is 81.8 Å². The van der Waals surface area contributed by atoms with E-state index < -0.39 is 48.6 Å². The monoisotopic (exact) mass is 589 g/mol. The van der Waals surface area contributed by atoms with Crippen molar-refractivity contribution >= 4 is 29.6 Å². The minimum absolute atomic E-state index is 0.0569. The van der Waals surface area contributed by atoms with Crippen molar-refractivity contribution in [2.75, 3.05) is 11.9 Å². The van der Waals surface area contributed by atoms with E-state index in [1.165, 1.54) is 6.20 Å². The van der Waals surface area contributed by atoms with Crippen molar-refractivity contribution in [2.24, 2.45) is 0 Å². The van der Waals surface area contributed by atoms with Crippen molar-refractivity contribution in [3.63, 3.8) is 0 Å². The van der Waals surface area contributed by atoms with Gasteiger partial charge in [-0.25, -0.2) is 9.48 Å². The van der Waals surface area contributed by atoms with E-state index in [0.29, 0.717) is 36.7 Å². The Morgan fingerprint density at radius 1 is 1.15 bits per heavy atom. The minimum Gasteiger partial charge on any atom is -0.481 e. The number of hydrogen-bond acceptors (Lipinski definition) is 9. The standard InChI is InChI=1S/C18H22F3N5O2.C6H8O7/c1-11-9-15(18(19,20)21)26-16(23-11)10-13(24-26)14-3-2-8-25(14)17(27)5-4-12-6-7-22-28-12;7-3(8)1-6(13,5(11)12)2-4(9)10/h6-7,10-11,14-15,23H,2-5,8-9H2,1H3;13H,1-2H2,(H,7,8)(H,9,10)(H,11,12)/t11-,14?,15-;/m1./s1. The molecule has 1 saturated heterocycles. The van der Waals surface area contributed by atoms with Crippen LogP contribution in [0.3, 0.4) is 0 Å². The van der Waals surface area contributed by atoms with E-state index in [4.69, 9.17) is 24.9 Å². The zero-order chi connectivity index (χ0) is 30.5. The van der Waals surface area contributed by atoms with Crippen molar-refractivity contribution in [1.82, 2.24) is 19.8 Å². The molecule has 4 rings (SSSR count). The molecule has 2 aromatic rings. The predicted molar refractivity (Wildman–Crippen MR) is 131 cm³/mol. The first-order valence-electron chi connectivity index (χ1n) is 12.6. The Kier molecular flexibility index (Phi) is 9.62. The third kappa shape index (κ3) is 7.96. The average Bonchev–Trinajstić information content (AvgIpc) is 3.61. The number of carboxylic acid groups (broad SMARTS) is 3. The van der Waals surface area contributed by atoms with Gasteiger partial charge in [-0.1, -0.05) is 5.16 Å². The first kappa shape index (κ1) is 31.4. The zero-order valence-corrected chi connectivity index (χ0v) is 21.9. The number of nitrogens with zero attached hydrogens (tertiary/aromatic N) is 4. The Morgan fingerprint density at radius 2 is 1.80 bits per heavy atom. The molecule has 17 heteroatoms. The fourth-order valence-electron chi connectivity index (χ4n) is 4.77. The van der Waals surface area contributed by atoms with Gasteiger partial charge in [0, 0.05) is 37.6 Å². The van der Waals surface area contributed by atoms with Gasteiger partial charge < -0.3 is 35.2 Å². The van der Waals surface area contributed by atoms with Crippen molar-refractivity contribution in [1.29, 1.82) is 0 Å². The van der Waals surface area contributed by atoms with Gasteiger partial charge in [0.25, 0.3) is 0 Å². The maximum atomic E-state index is 13.5. The van der Waals surface area contributed by atoms with Crippen LogP contribution in [0.5, 0.6) is 0 Å². The normalized spacial score (nSPS) is 20.4. The molecule has 3 atom stereocenters. The highest BCUT2D eigenvalue weighted by atomic mass is 19.4. The number of carboxylic acids is 3. The second-order valence-corrected chi connectivity index (χ2v) is 9.94. The third-order valence-electron chi connectivity index (χ3n) is 6.68. The molecule has 0 bridgehead atoms. The van der Waals surface area contributed by atoms with Gasteiger partial charge in [-0.3, -0.25) is 14.4 Å². The number of fused-ring (bicyclic) bond motifs is 1. The molecule has 1 fully saturated rings. The second kappa shape index (κ2) is 12.6. The van der Waals surface area contributed by atoms with Crippen LogP contribution in [0.1, 0.15) is 69.0 Å². The van der Waals surface area contributed by atoms with Gasteiger partial charge in [0.2, 0.25) is 5.91 Å². The molecule has 2 aromatic heterocycles. The molecule has 41 heavy (non-hydrogen) atoms. The lowest BCUT2D eigenvalue weighted by Gasteiger charge is -2.31. The lowest BCUT2D eigenvalue weighted by atomic mass is 9.96. The summed E-state index contributed by atoms with van der Waals surface area (Å²) in [6, 6.07) is 1.12. The van der Waals surface area contributed by atoms with Crippen molar-refractivity contribution < 1.29 is 57.3 Å². The average molecular weight is 590 g/mol. The highest BCUT2D eigenvalue weighted by Gasteiger charge is 2.46. The molecule has 4 heterocycles. The van der Waals surface area contributed by atoms with E-state index in [1.54, 1.807) is 24.0 Å². The highest BCUT2D eigenvalue weighted by molar-refractivity contribution is 5.88. The third-order valence-corrected chi connectivity index (χ3v) is 6.68. The fraction of sp³-hybridized carbons (Fsp3) is 0.583. The summed E-state index contributed by atoms with van der Waals surface area (Å²) < 4.78 is 46.4. The summed E-state index contributed by atoms with van der Waals surface area (Å²) in [7, 11) is 0. The molecular weight excluding hydrogens is 559 g/mol. The van der Waals surface area contributed by atoms with Crippen LogP contribution in [-0.2, 0) is 25.6 Å². The molecular formula is C24H30F3N5O9. The van der Waals surface area contributed by atoms with Crippen LogP contribution in [0.25, 0.3) is 0 Å². The summed E-state index contributed by atoms with van der Waals surface area (Å²) >= 11 is 0. The molecule has 2 aliphatic rings. The van der Waals surface area contributed by atoms with Crippen molar-refractivity contribution in [3.05, 3.63) is 29.8 Å². The number of anilines is 1. The number of amides is 1. The number of carbonyl (C=O) groups excluding carboxylic acids is 1. The van der Waals surface area contributed by atoms with Gasteiger partial charge in [0.05, 0.1) is 30.8 Å². The number of aliphatic hydroxyl groups is 1. The molecule has 1 amide bonds. The first-order valence-corrected chi connectivity index (χ1v) is 12.6. The van der Waals surface area contributed by atoms with Gasteiger partial charge in [-0.2, -0.15) is 18.3 Å². The summed E-state index contributed by atoms with van der Waals surface area (Å²) in [6.45, 7) is 2.30. The number of rotatable bonds is 9. The van der Waals surface area contributed by atoms with E-state index in [1.807, 2.05) is 0 Å². The van der Waals surface area contributed by atoms with E-state index in [9.17, 15) is 32.3 Å². The molecule has 14 nitrogen and oxygen atoms in total. The molecule has 0 saturated carbocycles. The number of aromatic nitrogens is 3. The van der Waals surface area contributed by atoms with Crippen LogP contribution in [0.2, 0.25) is 0 Å². The largest absolute Gasteiger partial charge is 0.481 e. The fourth-order valence-corrected chi connectivity index (χ4v) is 4.77. The Bertz CT molecular complexity index is 1230. The number of aryl methyl sites for hydroxylation is 1. The highest BCUT2D eigenvalue weighted by Crippen LogP contribution is 2.41. The van der Waals surface area contributed by atoms with Crippen LogP contribution in [0.4, 0.5) is 19.0 Å². The van der Waals surface area contributed by atoms with Crippen LogP contribution in [0.15, 0.2) is 22.9 Å². The number of aliphatic carboxylic acids is 3. The zero-order valence-electron chi connectivity index (χ0n) is 21.9. The smallest absolute Gasteiger partial charge is 0.410 e. The predicted octanol–water partition coefficient (Wildman–Crippen LogP) is 2.23. The Balaban J connectivity index is 0.000000302. The van der Waals surface area contributed by atoms with E-state index in [0.717, 1.165) is 11.1 Å². The molecule has 0 aliphatic carbocycles.